The summed E-state index contributed by atoms with van der Waals surface area (Å²) in [7, 11) is 1.63. The zero-order chi connectivity index (χ0) is 10.8. The molecule has 0 unspecified atom stereocenters. The van der Waals surface area contributed by atoms with Crippen LogP contribution in [0.2, 0.25) is 0 Å². The Balaban J connectivity index is 2.18. The molecule has 1 aliphatic rings. The molecule has 1 amide bonds. The minimum Gasteiger partial charge on any atom is -0.399 e. The highest BCUT2D eigenvalue weighted by Gasteiger charge is 2.26. The van der Waals surface area contributed by atoms with E-state index < -0.39 is 0 Å². The maximum Gasteiger partial charge on any atom is 0.254 e. The van der Waals surface area contributed by atoms with Crippen LogP contribution in [-0.2, 0) is 11.3 Å². The number of benzene rings is 1. The summed E-state index contributed by atoms with van der Waals surface area (Å²) in [5.41, 5.74) is 8.05. The zero-order valence-electron chi connectivity index (χ0n) is 8.69. The number of anilines is 1. The molecule has 0 fully saturated rings. The molecule has 4 nitrogen and oxygen atoms in total. The monoisotopic (exact) mass is 206 g/mol. The van der Waals surface area contributed by atoms with Gasteiger partial charge in [-0.2, -0.15) is 0 Å². The third-order valence-electron chi connectivity index (χ3n) is 2.58. The van der Waals surface area contributed by atoms with Crippen LogP contribution in [0, 0.1) is 0 Å². The van der Waals surface area contributed by atoms with Crippen molar-refractivity contribution >= 4 is 11.6 Å². The molecule has 15 heavy (non-hydrogen) atoms. The third-order valence-corrected chi connectivity index (χ3v) is 2.58. The molecule has 1 aromatic carbocycles. The van der Waals surface area contributed by atoms with Crippen LogP contribution in [0.25, 0.3) is 0 Å². The number of fused-ring (bicyclic) bond motifs is 1. The van der Waals surface area contributed by atoms with Gasteiger partial charge in [0.1, 0.15) is 0 Å². The topological polar surface area (TPSA) is 55.6 Å². The number of nitrogen functional groups attached to an aromatic ring is 1. The third kappa shape index (κ3) is 1.80. The summed E-state index contributed by atoms with van der Waals surface area (Å²) in [5, 5.41) is 0. The Hall–Kier alpha value is -1.55. The lowest BCUT2D eigenvalue weighted by Crippen LogP contribution is -2.27. The average Bonchev–Trinajstić information content (AvgIpc) is 2.53. The van der Waals surface area contributed by atoms with Crippen LogP contribution in [0.4, 0.5) is 5.69 Å². The number of rotatable bonds is 3. The predicted molar refractivity (Wildman–Crippen MR) is 57.5 cm³/mol. The first kappa shape index (κ1) is 9.98. The highest BCUT2D eigenvalue weighted by atomic mass is 16.5. The van der Waals surface area contributed by atoms with Gasteiger partial charge in [0.25, 0.3) is 5.91 Å². The molecule has 0 radical (unpaired) electrons. The largest absolute Gasteiger partial charge is 0.399 e. The highest BCUT2D eigenvalue weighted by molar-refractivity contribution is 5.99. The van der Waals surface area contributed by atoms with Gasteiger partial charge in [-0.3, -0.25) is 4.79 Å². The number of carbonyl (C=O) groups excluding carboxylic acids is 1. The molecule has 0 saturated carbocycles. The van der Waals surface area contributed by atoms with Crippen molar-refractivity contribution < 1.29 is 9.53 Å². The number of nitrogens with zero attached hydrogens (tertiary/aromatic N) is 1. The molecular formula is C11H14N2O2. The second-order valence-electron chi connectivity index (χ2n) is 3.64. The molecule has 4 heteroatoms. The smallest absolute Gasteiger partial charge is 0.254 e. The average molecular weight is 206 g/mol. The lowest BCUT2D eigenvalue weighted by molar-refractivity contribution is 0.0719. The van der Waals surface area contributed by atoms with Crippen molar-refractivity contribution in [3.8, 4) is 0 Å². The van der Waals surface area contributed by atoms with Gasteiger partial charge in [0.15, 0.2) is 0 Å². The number of amides is 1. The fourth-order valence-corrected chi connectivity index (χ4v) is 1.76. The fraction of sp³-hybridized carbons (Fsp3) is 0.364. The van der Waals surface area contributed by atoms with Gasteiger partial charge < -0.3 is 15.4 Å². The fourth-order valence-electron chi connectivity index (χ4n) is 1.76. The summed E-state index contributed by atoms with van der Waals surface area (Å²) >= 11 is 0. The summed E-state index contributed by atoms with van der Waals surface area (Å²) in [5.74, 6) is 0.0503. The first-order valence-corrected chi connectivity index (χ1v) is 4.89. The Bertz CT molecular complexity index is 390. The number of hydrogen-bond acceptors (Lipinski definition) is 3. The SMILES string of the molecule is COCCN1Cc2ccc(N)cc2C1=O. The number of ether oxygens (including phenoxy) is 1. The number of hydrogen-bond donors (Lipinski definition) is 1. The van der Waals surface area contributed by atoms with Crippen molar-refractivity contribution in [2.45, 2.75) is 6.54 Å². The lowest BCUT2D eigenvalue weighted by atomic mass is 10.1. The van der Waals surface area contributed by atoms with Gasteiger partial charge in [-0.25, -0.2) is 0 Å². The van der Waals surface area contributed by atoms with E-state index >= 15 is 0 Å². The Kier molecular flexibility index (Phi) is 2.60. The molecule has 1 aromatic rings. The van der Waals surface area contributed by atoms with Crippen LogP contribution in [0.15, 0.2) is 18.2 Å². The molecule has 0 aliphatic carbocycles. The predicted octanol–water partition coefficient (Wildman–Crippen LogP) is 0.871. The molecule has 0 atom stereocenters. The quantitative estimate of drug-likeness (QED) is 0.747. The van der Waals surface area contributed by atoms with Gasteiger partial charge >= 0.3 is 0 Å². The number of carbonyl (C=O) groups is 1. The lowest BCUT2D eigenvalue weighted by Gasteiger charge is -2.14. The molecule has 0 aromatic heterocycles. The van der Waals surface area contributed by atoms with Crippen LogP contribution in [0.1, 0.15) is 15.9 Å². The summed E-state index contributed by atoms with van der Waals surface area (Å²) in [6.07, 6.45) is 0. The van der Waals surface area contributed by atoms with Gasteiger partial charge in [0.05, 0.1) is 6.61 Å². The first-order valence-electron chi connectivity index (χ1n) is 4.89. The molecule has 0 saturated heterocycles. The maximum absolute atomic E-state index is 11.9. The standard InChI is InChI=1S/C11H14N2O2/c1-15-5-4-13-7-8-2-3-9(12)6-10(8)11(13)14/h2-3,6H,4-5,7,12H2,1H3. The molecule has 2 N–H and O–H groups in total. The van der Waals surface area contributed by atoms with Gasteiger partial charge in [-0.05, 0) is 17.7 Å². The van der Waals surface area contributed by atoms with Crippen molar-refractivity contribution in [1.29, 1.82) is 0 Å². The van der Waals surface area contributed by atoms with E-state index in [9.17, 15) is 4.79 Å². The van der Waals surface area contributed by atoms with Crippen LogP contribution in [-0.4, -0.2) is 31.1 Å². The number of methoxy groups -OCH3 is 1. The second-order valence-corrected chi connectivity index (χ2v) is 3.64. The van der Waals surface area contributed by atoms with Crippen molar-refractivity contribution in [2.75, 3.05) is 26.0 Å². The Morgan fingerprint density at radius 3 is 3.07 bits per heavy atom. The highest BCUT2D eigenvalue weighted by Crippen LogP contribution is 2.24. The molecule has 80 valence electrons. The normalized spacial score (nSPS) is 14.5. The summed E-state index contributed by atoms with van der Waals surface area (Å²) in [6, 6.07) is 5.48. The first-order chi connectivity index (χ1) is 7.22. The number of nitrogens with two attached hydrogens (primary N) is 1. The van der Waals surface area contributed by atoms with Crippen LogP contribution in [0.3, 0.4) is 0 Å². The minimum atomic E-state index is 0.0503. The van der Waals surface area contributed by atoms with Crippen LogP contribution < -0.4 is 5.73 Å². The van der Waals surface area contributed by atoms with Gasteiger partial charge in [-0.15, -0.1) is 0 Å². The summed E-state index contributed by atoms with van der Waals surface area (Å²) in [4.78, 5) is 13.6. The Morgan fingerprint density at radius 1 is 1.53 bits per heavy atom. The Morgan fingerprint density at radius 2 is 2.33 bits per heavy atom. The molecule has 0 spiro atoms. The van der Waals surface area contributed by atoms with Crippen molar-refractivity contribution in [3.05, 3.63) is 29.3 Å². The molecule has 0 bridgehead atoms. The van der Waals surface area contributed by atoms with Gasteiger partial charge in [0.2, 0.25) is 0 Å². The zero-order valence-corrected chi connectivity index (χ0v) is 8.69. The second kappa shape index (κ2) is 3.90. The van der Waals surface area contributed by atoms with Gasteiger partial charge in [-0.1, -0.05) is 6.07 Å². The van der Waals surface area contributed by atoms with Crippen LogP contribution >= 0.6 is 0 Å². The van der Waals surface area contributed by atoms with E-state index in [1.165, 1.54) is 0 Å². The van der Waals surface area contributed by atoms with E-state index in [1.807, 2.05) is 12.1 Å². The summed E-state index contributed by atoms with van der Waals surface area (Å²) in [6.45, 7) is 1.86. The van der Waals surface area contributed by atoms with E-state index in [4.69, 9.17) is 10.5 Å². The maximum atomic E-state index is 11.9. The van der Waals surface area contributed by atoms with E-state index in [1.54, 1.807) is 18.1 Å². The minimum absolute atomic E-state index is 0.0503. The summed E-state index contributed by atoms with van der Waals surface area (Å²) < 4.78 is 4.96. The van der Waals surface area contributed by atoms with Crippen molar-refractivity contribution in [2.24, 2.45) is 0 Å². The van der Waals surface area contributed by atoms with Crippen LogP contribution in [0.5, 0.6) is 0 Å². The Labute approximate surface area is 88.6 Å². The molecule has 1 aliphatic heterocycles. The van der Waals surface area contributed by atoms with Crippen molar-refractivity contribution in [1.82, 2.24) is 4.90 Å². The molecule has 1 heterocycles. The molecular weight excluding hydrogens is 192 g/mol. The van der Waals surface area contributed by atoms with E-state index in [2.05, 4.69) is 0 Å². The van der Waals surface area contributed by atoms with E-state index in [-0.39, 0.29) is 5.91 Å². The molecule has 2 rings (SSSR count). The van der Waals surface area contributed by atoms with E-state index in [0.29, 0.717) is 25.4 Å². The van der Waals surface area contributed by atoms with E-state index in [0.717, 1.165) is 11.1 Å². The van der Waals surface area contributed by atoms with Crippen molar-refractivity contribution in [3.63, 3.8) is 0 Å². The van der Waals surface area contributed by atoms with Gasteiger partial charge in [0, 0.05) is 31.5 Å².